The van der Waals surface area contributed by atoms with Gasteiger partial charge < -0.3 is 4.74 Å². The third-order valence-corrected chi connectivity index (χ3v) is 5.53. The molecule has 0 N–H and O–H groups in total. The van der Waals surface area contributed by atoms with E-state index in [0.29, 0.717) is 10.9 Å². The quantitative estimate of drug-likeness (QED) is 0.618. The smallest absolute Gasteiger partial charge is 0.425 e. The molecule has 3 rings (SSSR count). The van der Waals surface area contributed by atoms with Gasteiger partial charge in [0.15, 0.2) is 15.9 Å². The number of hydrogen-bond acceptors (Lipinski definition) is 5. The first-order chi connectivity index (χ1) is 13.9. The Kier molecular flexibility index (Phi) is 5.34. The molecule has 0 aliphatic carbocycles. The Bertz CT molecular complexity index is 1290. The number of carbonyl (C=O) groups is 1. The van der Waals surface area contributed by atoms with Crippen LogP contribution < -0.4 is 4.74 Å². The van der Waals surface area contributed by atoms with Gasteiger partial charge in [0.25, 0.3) is 5.91 Å². The summed E-state index contributed by atoms with van der Waals surface area (Å²) in [5.74, 6) is -1.20. The van der Waals surface area contributed by atoms with Crippen molar-refractivity contribution in [3.63, 3.8) is 0 Å². The van der Waals surface area contributed by atoms with Crippen molar-refractivity contribution in [2.45, 2.75) is 24.1 Å². The van der Waals surface area contributed by atoms with Crippen LogP contribution in [0.5, 0.6) is 5.75 Å². The van der Waals surface area contributed by atoms with Gasteiger partial charge in [0.1, 0.15) is 5.75 Å². The van der Waals surface area contributed by atoms with Crippen LogP contribution in [0, 0.1) is 11.3 Å². The third kappa shape index (κ3) is 4.16. The summed E-state index contributed by atoms with van der Waals surface area (Å²) in [5.41, 5.74) is 0.273. The second-order valence-electron chi connectivity index (χ2n) is 6.61. The van der Waals surface area contributed by atoms with E-state index < -0.39 is 33.8 Å². The Balaban J connectivity index is 2.17. The third-order valence-electron chi connectivity index (χ3n) is 4.42. The van der Waals surface area contributed by atoms with Crippen molar-refractivity contribution in [1.82, 2.24) is 4.57 Å². The maximum Gasteiger partial charge on any atom is 0.425 e. The number of rotatable bonds is 4. The minimum Gasteiger partial charge on any atom is -0.480 e. The van der Waals surface area contributed by atoms with Crippen molar-refractivity contribution in [3.05, 3.63) is 59.8 Å². The van der Waals surface area contributed by atoms with Crippen LogP contribution in [0.15, 0.2) is 53.6 Å². The highest BCUT2D eigenvalue weighted by Gasteiger charge is 2.38. The average molecular weight is 436 g/mol. The monoisotopic (exact) mass is 436 g/mol. The van der Waals surface area contributed by atoms with Crippen molar-refractivity contribution < 1.29 is 31.1 Å². The van der Waals surface area contributed by atoms with E-state index in [1.165, 1.54) is 12.3 Å². The molecular weight excluding hydrogens is 421 g/mol. The molecule has 6 nitrogen and oxygen atoms in total. The van der Waals surface area contributed by atoms with Gasteiger partial charge in [-0.2, -0.15) is 18.4 Å². The van der Waals surface area contributed by atoms with Crippen LogP contribution in [0.1, 0.15) is 22.8 Å². The van der Waals surface area contributed by atoms with Crippen LogP contribution in [-0.2, 0) is 9.84 Å². The largest absolute Gasteiger partial charge is 0.480 e. The summed E-state index contributed by atoms with van der Waals surface area (Å²) >= 11 is 0. The molecule has 156 valence electrons. The van der Waals surface area contributed by atoms with E-state index >= 15 is 0 Å². The van der Waals surface area contributed by atoms with Gasteiger partial charge in [0.05, 0.1) is 27.6 Å². The van der Waals surface area contributed by atoms with Gasteiger partial charge in [0, 0.05) is 17.8 Å². The summed E-state index contributed by atoms with van der Waals surface area (Å²) < 4.78 is 68.8. The minimum atomic E-state index is -4.68. The Morgan fingerprint density at radius 3 is 2.47 bits per heavy atom. The highest BCUT2D eigenvalue weighted by molar-refractivity contribution is 7.90. The zero-order chi connectivity index (χ0) is 22.3. The van der Waals surface area contributed by atoms with Crippen molar-refractivity contribution >= 4 is 26.6 Å². The van der Waals surface area contributed by atoms with Crippen molar-refractivity contribution in [3.8, 4) is 11.8 Å². The lowest BCUT2D eigenvalue weighted by Crippen LogP contribution is -2.32. The molecule has 3 aromatic rings. The fourth-order valence-corrected chi connectivity index (χ4v) is 3.42. The number of ether oxygens (including phenoxy) is 1. The number of aromatic nitrogens is 1. The number of benzene rings is 2. The summed E-state index contributed by atoms with van der Waals surface area (Å²) in [7, 11) is -3.74. The van der Waals surface area contributed by atoms with Crippen molar-refractivity contribution in [1.29, 1.82) is 5.26 Å². The van der Waals surface area contributed by atoms with Crippen molar-refractivity contribution in [2.75, 3.05) is 6.26 Å². The number of carbonyl (C=O) groups excluding carboxylic acids is 1. The van der Waals surface area contributed by atoms with Gasteiger partial charge in [0.2, 0.25) is 0 Å². The number of hydrogen-bond donors (Lipinski definition) is 0. The molecule has 0 unspecified atom stereocenters. The maximum absolute atomic E-state index is 13.2. The molecule has 1 aromatic heterocycles. The number of sulfone groups is 1. The van der Waals surface area contributed by atoms with Crippen molar-refractivity contribution in [2.24, 2.45) is 0 Å². The average Bonchev–Trinajstić information content (AvgIpc) is 3.09. The topological polar surface area (TPSA) is 89.2 Å². The molecule has 30 heavy (non-hydrogen) atoms. The molecule has 0 amide bonds. The summed E-state index contributed by atoms with van der Waals surface area (Å²) in [6.07, 6.45) is -4.60. The Morgan fingerprint density at radius 2 is 1.87 bits per heavy atom. The lowest BCUT2D eigenvalue weighted by atomic mass is 10.1. The minimum absolute atomic E-state index is 0.243. The highest BCUT2D eigenvalue weighted by Crippen LogP contribution is 2.30. The van der Waals surface area contributed by atoms with Gasteiger partial charge >= 0.3 is 6.18 Å². The molecule has 2 aromatic carbocycles. The Morgan fingerprint density at radius 1 is 1.17 bits per heavy atom. The van der Waals surface area contributed by atoms with Gasteiger partial charge in [-0.15, -0.1) is 0 Å². The molecular formula is C20H15F3N2O4S. The predicted molar refractivity (Wildman–Crippen MR) is 102 cm³/mol. The van der Waals surface area contributed by atoms with Crippen LogP contribution in [0.25, 0.3) is 10.9 Å². The molecule has 0 saturated heterocycles. The van der Waals surface area contributed by atoms with E-state index in [1.54, 1.807) is 18.2 Å². The van der Waals surface area contributed by atoms with Gasteiger partial charge in [-0.05, 0) is 43.3 Å². The van der Waals surface area contributed by atoms with Crippen LogP contribution in [0.4, 0.5) is 13.2 Å². The van der Waals surface area contributed by atoms with E-state index in [4.69, 9.17) is 10.00 Å². The Hall–Kier alpha value is -3.32. The van der Waals surface area contributed by atoms with Crippen LogP contribution in [0.3, 0.4) is 0 Å². The molecule has 0 saturated carbocycles. The summed E-state index contributed by atoms with van der Waals surface area (Å²) in [4.78, 5) is 12.9. The van der Waals surface area contributed by atoms with E-state index in [-0.39, 0.29) is 16.0 Å². The molecule has 0 bridgehead atoms. The van der Waals surface area contributed by atoms with Gasteiger partial charge in [-0.1, -0.05) is 6.07 Å². The standard InChI is InChI=1S/C20H15F3N2O4S/c1-12(20(21,22)23)29-18-6-5-15(30(2,27)28)10-16(18)19(26)25-8-7-14-4-3-13(11-24)9-17(14)25/h3-10,12H,1-2H3/t12-/m0/s1. The summed E-state index contributed by atoms with van der Waals surface area (Å²) in [5, 5.41) is 9.71. The lowest BCUT2D eigenvalue weighted by Gasteiger charge is -2.20. The first-order valence-corrected chi connectivity index (χ1v) is 10.4. The van der Waals surface area contributed by atoms with Gasteiger partial charge in [-0.25, -0.2) is 8.42 Å². The SMILES string of the molecule is C[C@H](Oc1ccc(S(C)(=O)=O)cc1C(=O)n1ccc2ccc(C#N)cc21)C(F)(F)F. The molecule has 0 aliphatic heterocycles. The first kappa shape index (κ1) is 21.4. The molecule has 0 spiro atoms. The number of alkyl halides is 3. The number of nitrogens with zero attached hydrogens (tertiary/aromatic N) is 2. The summed E-state index contributed by atoms with van der Waals surface area (Å²) in [6, 6.07) is 11.2. The second kappa shape index (κ2) is 7.50. The fourth-order valence-electron chi connectivity index (χ4n) is 2.77. The fraction of sp³-hybridized carbons (Fsp3) is 0.200. The van der Waals surface area contributed by atoms with Crippen LogP contribution in [0.2, 0.25) is 0 Å². The Labute approximate surface area is 170 Å². The molecule has 0 fully saturated rings. The van der Waals surface area contributed by atoms with E-state index in [9.17, 15) is 26.4 Å². The van der Waals surface area contributed by atoms with Crippen LogP contribution in [-0.4, -0.2) is 37.4 Å². The first-order valence-electron chi connectivity index (χ1n) is 8.55. The van der Waals surface area contributed by atoms with E-state index in [1.807, 2.05) is 6.07 Å². The second-order valence-corrected chi connectivity index (χ2v) is 8.62. The number of nitriles is 1. The number of halogens is 3. The molecule has 10 heteroatoms. The normalized spacial score (nSPS) is 13.1. The maximum atomic E-state index is 13.2. The highest BCUT2D eigenvalue weighted by atomic mass is 32.2. The predicted octanol–water partition coefficient (Wildman–Crippen LogP) is 3.93. The van der Waals surface area contributed by atoms with E-state index in [0.717, 1.165) is 35.9 Å². The van der Waals surface area contributed by atoms with Gasteiger partial charge in [-0.3, -0.25) is 9.36 Å². The van der Waals surface area contributed by atoms with Crippen LogP contribution >= 0.6 is 0 Å². The zero-order valence-corrected chi connectivity index (χ0v) is 16.6. The zero-order valence-electron chi connectivity index (χ0n) is 15.8. The number of fused-ring (bicyclic) bond motifs is 1. The molecule has 0 aliphatic rings. The van der Waals surface area contributed by atoms with E-state index in [2.05, 4.69) is 0 Å². The molecule has 1 heterocycles. The molecule has 1 atom stereocenters. The lowest BCUT2D eigenvalue weighted by molar-refractivity contribution is -0.189. The summed E-state index contributed by atoms with van der Waals surface area (Å²) in [6.45, 7) is 0.781. The molecule has 0 radical (unpaired) electrons.